The Balaban J connectivity index is 1.48. The third-order valence-corrected chi connectivity index (χ3v) is 5.96. The first-order chi connectivity index (χ1) is 14.5. The van der Waals surface area contributed by atoms with Gasteiger partial charge in [-0.2, -0.15) is 0 Å². The number of thiazole rings is 1. The molecule has 1 aliphatic rings. The Kier molecular flexibility index (Phi) is 8.66. The Morgan fingerprint density at radius 3 is 2.50 bits per heavy atom. The lowest BCUT2D eigenvalue weighted by Crippen LogP contribution is -2.44. The number of hydrogen-bond donors (Lipinski definition) is 2. The highest BCUT2D eigenvalue weighted by Crippen LogP contribution is 2.15. The van der Waals surface area contributed by atoms with Crippen LogP contribution in [-0.4, -0.2) is 54.2 Å². The molecule has 0 spiro atoms. The second-order valence-corrected chi connectivity index (χ2v) is 9.32. The summed E-state index contributed by atoms with van der Waals surface area (Å²) < 4.78 is 5.83. The molecule has 2 N–H and O–H groups in total. The highest BCUT2D eigenvalue weighted by Gasteiger charge is 2.21. The van der Waals surface area contributed by atoms with Crippen LogP contribution in [0.1, 0.15) is 41.8 Å². The summed E-state index contributed by atoms with van der Waals surface area (Å²) in [6.07, 6.45) is 3.46. The third kappa shape index (κ3) is 7.38. The topological polar surface area (TPSA) is 61.8 Å². The largest absolute Gasteiger partial charge is 0.373 e. The molecule has 1 aromatic carbocycles. The molecule has 1 saturated heterocycles. The standard InChI is InChI=1S/C23H35N5OS/c1-5-24-23(25-11-10-22-26-12-19(4)30-22)27-13-20-6-8-21(9-7-20)16-28-14-17(2)29-18(3)15-28/h6-9,12,17-18H,5,10-11,13-16H2,1-4H3,(H2,24,25,27). The summed E-state index contributed by atoms with van der Waals surface area (Å²) in [5.41, 5.74) is 2.56. The predicted octanol–water partition coefficient (Wildman–Crippen LogP) is 3.36. The number of aryl methyl sites for hydroxylation is 1. The zero-order valence-corrected chi connectivity index (χ0v) is 19.5. The highest BCUT2D eigenvalue weighted by atomic mass is 32.1. The van der Waals surface area contributed by atoms with E-state index in [1.165, 1.54) is 16.0 Å². The van der Waals surface area contributed by atoms with Crippen molar-refractivity contribution in [2.24, 2.45) is 4.99 Å². The predicted molar refractivity (Wildman–Crippen MR) is 125 cm³/mol. The number of nitrogens with one attached hydrogen (secondary N) is 2. The number of guanidine groups is 1. The molecule has 164 valence electrons. The molecule has 6 nitrogen and oxygen atoms in total. The molecule has 2 heterocycles. The first kappa shape index (κ1) is 22.7. The molecule has 2 atom stereocenters. The minimum absolute atomic E-state index is 0.305. The van der Waals surface area contributed by atoms with Crippen molar-refractivity contribution >= 4 is 17.3 Å². The van der Waals surface area contributed by atoms with Crippen molar-refractivity contribution in [2.75, 3.05) is 26.2 Å². The summed E-state index contributed by atoms with van der Waals surface area (Å²) in [6.45, 7) is 13.8. The van der Waals surface area contributed by atoms with E-state index in [1.54, 1.807) is 11.3 Å². The Bertz CT molecular complexity index is 794. The molecule has 0 aliphatic carbocycles. The van der Waals surface area contributed by atoms with E-state index in [-0.39, 0.29) is 0 Å². The van der Waals surface area contributed by atoms with Crippen LogP contribution in [-0.2, 0) is 24.2 Å². The monoisotopic (exact) mass is 429 g/mol. The number of morpholine rings is 1. The Labute approximate surface area is 184 Å². The minimum Gasteiger partial charge on any atom is -0.373 e. The number of benzene rings is 1. The molecule has 3 rings (SSSR count). The maximum Gasteiger partial charge on any atom is 0.191 e. The summed E-state index contributed by atoms with van der Waals surface area (Å²) in [7, 11) is 0. The fourth-order valence-corrected chi connectivity index (χ4v) is 4.53. The van der Waals surface area contributed by atoms with Gasteiger partial charge in [-0.05, 0) is 38.8 Å². The first-order valence-corrected chi connectivity index (χ1v) is 11.7. The van der Waals surface area contributed by atoms with Crippen LogP contribution in [0.2, 0.25) is 0 Å². The van der Waals surface area contributed by atoms with E-state index >= 15 is 0 Å². The van der Waals surface area contributed by atoms with Gasteiger partial charge in [-0.25, -0.2) is 9.98 Å². The van der Waals surface area contributed by atoms with E-state index in [2.05, 4.69) is 72.5 Å². The van der Waals surface area contributed by atoms with Crippen molar-refractivity contribution in [3.05, 3.63) is 51.5 Å². The molecule has 2 unspecified atom stereocenters. The maximum atomic E-state index is 5.83. The van der Waals surface area contributed by atoms with Gasteiger partial charge in [-0.15, -0.1) is 11.3 Å². The molecule has 0 saturated carbocycles. The maximum absolute atomic E-state index is 5.83. The molecule has 2 aromatic rings. The number of aliphatic imine (C=N–C) groups is 1. The van der Waals surface area contributed by atoms with Crippen LogP contribution >= 0.6 is 11.3 Å². The Hall–Kier alpha value is -1.96. The van der Waals surface area contributed by atoms with Crippen LogP contribution in [0.15, 0.2) is 35.5 Å². The van der Waals surface area contributed by atoms with Gasteiger partial charge in [-0.1, -0.05) is 24.3 Å². The quantitative estimate of drug-likeness (QED) is 0.498. The summed E-state index contributed by atoms with van der Waals surface area (Å²) >= 11 is 1.75. The summed E-state index contributed by atoms with van der Waals surface area (Å²) in [5.74, 6) is 0.853. The van der Waals surface area contributed by atoms with E-state index in [0.29, 0.717) is 18.8 Å². The van der Waals surface area contributed by atoms with Gasteiger partial charge in [0.2, 0.25) is 0 Å². The average molecular weight is 430 g/mol. The fourth-order valence-electron chi connectivity index (χ4n) is 3.74. The van der Waals surface area contributed by atoms with Gasteiger partial charge < -0.3 is 15.4 Å². The normalized spacial score (nSPS) is 20.3. The average Bonchev–Trinajstić information content (AvgIpc) is 3.11. The van der Waals surface area contributed by atoms with E-state index in [0.717, 1.165) is 50.1 Å². The van der Waals surface area contributed by atoms with Crippen molar-refractivity contribution in [1.29, 1.82) is 0 Å². The number of ether oxygens (including phenoxy) is 1. The number of hydrogen-bond acceptors (Lipinski definition) is 5. The van der Waals surface area contributed by atoms with Crippen LogP contribution in [0, 0.1) is 6.92 Å². The summed E-state index contributed by atoms with van der Waals surface area (Å²) in [4.78, 5) is 12.9. The lowest BCUT2D eigenvalue weighted by molar-refractivity contribution is -0.0704. The van der Waals surface area contributed by atoms with Crippen LogP contribution in [0.5, 0.6) is 0 Å². The number of aromatic nitrogens is 1. The molecular formula is C23H35N5OS. The van der Waals surface area contributed by atoms with Crippen LogP contribution in [0.3, 0.4) is 0 Å². The van der Waals surface area contributed by atoms with Gasteiger partial charge in [0.05, 0.1) is 23.8 Å². The van der Waals surface area contributed by atoms with Crippen molar-refractivity contribution in [2.45, 2.75) is 59.4 Å². The third-order valence-electron chi connectivity index (χ3n) is 4.99. The number of rotatable bonds is 8. The van der Waals surface area contributed by atoms with Gasteiger partial charge in [0.25, 0.3) is 0 Å². The SMILES string of the molecule is CCNC(=NCc1ccc(CN2CC(C)OC(C)C2)cc1)NCCc1ncc(C)s1. The molecule has 0 amide bonds. The lowest BCUT2D eigenvalue weighted by Gasteiger charge is -2.35. The van der Waals surface area contributed by atoms with Crippen LogP contribution in [0.25, 0.3) is 0 Å². The van der Waals surface area contributed by atoms with E-state index < -0.39 is 0 Å². The van der Waals surface area contributed by atoms with Crippen LogP contribution < -0.4 is 10.6 Å². The molecular weight excluding hydrogens is 394 g/mol. The zero-order chi connectivity index (χ0) is 21.3. The van der Waals surface area contributed by atoms with Crippen molar-refractivity contribution in [3.63, 3.8) is 0 Å². The molecule has 1 aromatic heterocycles. The first-order valence-electron chi connectivity index (χ1n) is 10.9. The van der Waals surface area contributed by atoms with E-state index in [9.17, 15) is 0 Å². The van der Waals surface area contributed by atoms with Crippen molar-refractivity contribution < 1.29 is 4.74 Å². The van der Waals surface area contributed by atoms with Crippen molar-refractivity contribution in [3.8, 4) is 0 Å². The zero-order valence-electron chi connectivity index (χ0n) is 18.6. The molecule has 0 radical (unpaired) electrons. The molecule has 1 aliphatic heterocycles. The Morgan fingerprint density at radius 1 is 1.17 bits per heavy atom. The van der Waals surface area contributed by atoms with Crippen LogP contribution in [0.4, 0.5) is 0 Å². The van der Waals surface area contributed by atoms with E-state index in [1.807, 2.05) is 6.20 Å². The second-order valence-electron chi connectivity index (χ2n) is 8.00. The Morgan fingerprint density at radius 2 is 1.87 bits per heavy atom. The molecule has 7 heteroatoms. The lowest BCUT2D eigenvalue weighted by atomic mass is 10.1. The van der Waals surface area contributed by atoms with Gasteiger partial charge >= 0.3 is 0 Å². The minimum atomic E-state index is 0.305. The second kappa shape index (κ2) is 11.4. The van der Waals surface area contributed by atoms with Gasteiger partial charge in [-0.3, -0.25) is 4.90 Å². The number of nitrogens with zero attached hydrogens (tertiary/aromatic N) is 3. The van der Waals surface area contributed by atoms with Gasteiger partial charge in [0.1, 0.15) is 0 Å². The fraction of sp³-hybridized carbons (Fsp3) is 0.565. The summed E-state index contributed by atoms with van der Waals surface area (Å²) in [6, 6.07) is 8.82. The summed E-state index contributed by atoms with van der Waals surface area (Å²) in [5, 5.41) is 7.89. The molecule has 1 fully saturated rings. The van der Waals surface area contributed by atoms with Crippen molar-refractivity contribution in [1.82, 2.24) is 20.5 Å². The molecule has 30 heavy (non-hydrogen) atoms. The molecule has 0 bridgehead atoms. The smallest absolute Gasteiger partial charge is 0.191 e. The highest BCUT2D eigenvalue weighted by molar-refractivity contribution is 7.11. The van der Waals surface area contributed by atoms with Gasteiger partial charge in [0.15, 0.2) is 5.96 Å². The van der Waals surface area contributed by atoms with E-state index in [4.69, 9.17) is 9.73 Å². The van der Waals surface area contributed by atoms with Gasteiger partial charge in [0, 0.05) is 50.2 Å².